The van der Waals surface area contributed by atoms with E-state index in [1.54, 1.807) is 0 Å². The van der Waals surface area contributed by atoms with E-state index in [0.29, 0.717) is 0 Å². The van der Waals surface area contributed by atoms with Crippen LogP contribution in [-0.4, -0.2) is 44.3 Å². The lowest BCUT2D eigenvalue weighted by atomic mass is 10.7. The van der Waals surface area contributed by atoms with Crippen molar-refractivity contribution in [1.82, 2.24) is 10.6 Å². The summed E-state index contributed by atoms with van der Waals surface area (Å²) in [6.45, 7) is 3.28. The first-order chi connectivity index (χ1) is 5.50. The van der Waals surface area contributed by atoms with Crippen molar-refractivity contribution in [3.05, 3.63) is 0 Å². The molecule has 6 N–H and O–H groups in total. The summed E-state index contributed by atoms with van der Waals surface area (Å²) >= 11 is 0. The number of rotatable bonds is 0. The first-order valence-corrected chi connectivity index (χ1v) is 4.59. The first kappa shape index (κ1) is 14.3. The number of hydrogen-bond acceptors (Lipinski definition) is 5. The minimum absolute atomic E-state index is 1.00. The molecular weight excluding hydrogens is 186 g/mol. The molecule has 1 aliphatic heterocycles. The van der Waals surface area contributed by atoms with Crippen LogP contribution in [0.4, 0.5) is 0 Å². The molecule has 1 heterocycles. The molecule has 1 aliphatic rings. The van der Waals surface area contributed by atoms with Crippen LogP contribution in [-0.2, 0) is 10.4 Å². The van der Waals surface area contributed by atoms with Crippen molar-refractivity contribution in [2.24, 2.45) is 5.73 Å². The zero-order chi connectivity index (χ0) is 10.0. The fourth-order valence-electron chi connectivity index (χ4n) is 0.442. The normalized spacial score (nSPS) is 15.3. The van der Waals surface area contributed by atoms with Gasteiger partial charge >= 0.3 is 10.4 Å². The summed E-state index contributed by atoms with van der Waals surface area (Å²) in [5.41, 5.74) is 4.50. The quantitative estimate of drug-likeness (QED) is 0.289. The highest BCUT2D eigenvalue weighted by Crippen LogP contribution is 1.62. The smallest absolute Gasteiger partial charge is 0.333 e. The number of hydrogen-bond donors (Lipinski definition) is 5. The zero-order valence-electron chi connectivity index (χ0n) is 6.82. The Morgan fingerprint density at radius 2 is 1.42 bits per heavy atom. The van der Waals surface area contributed by atoms with Crippen LogP contribution in [0.25, 0.3) is 0 Å². The molecule has 12 heavy (non-hydrogen) atoms. The lowest BCUT2D eigenvalue weighted by Gasteiger charge is -1.77. The van der Waals surface area contributed by atoms with Crippen LogP contribution >= 0.6 is 0 Å². The SMILES string of the molecule is C1CNCN1.CN.O=S(=O)(O)O. The van der Waals surface area contributed by atoms with Crippen LogP contribution in [0.2, 0.25) is 0 Å². The first-order valence-electron chi connectivity index (χ1n) is 3.19. The minimum Gasteiger partial charge on any atom is -0.333 e. The van der Waals surface area contributed by atoms with E-state index in [2.05, 4.69) is 16.4 Å². The lowest BCUT2D eigenvalue weighted by molar-refractivity contribution is 0.381. The summed E-state index contributed by atoms with van der Waals surface area (Å²) in [4.78, 5) is 0. The second-order valence-corrected chi connectivity index (χ2v) is 2.52. The summed E-state index contributed by atoms with van der Waals surface area (Å²) in [6, 6.07) is 0. The second kappa shape index (κ2) is 8.84. The van der Waals surface area contributed by atoms with E-state index in [1.807, 2.05) is 0 Å². The van der Waals surface area contributed by atoms with Crippen LogP contribution in [0.15, 0.2) is 0 Å². The Bertz CT molecular complexity index is 150. The molecule has 76 valence electrons. The fourth-order valence-corrected chi connectivity index (χ4v) is 0.442. The predicted octanol–water partition coefficient (Wildman–Crippen LogP) is -1.94. The topological polar surface area (TPSA) is 125 Å². The standard InChI is InChI=1S/C3H8N2.CH5N.H2O4S/c1-2-5-3-4-1;1-2;1-5(2,3)4/h4-5H,1-3H2;2H2,1H3;(H2,1,2,3,4). The summed E-state index contributed by atoms with van der Waals surface area (Å²) in [6.07, 6.45) is 0. The number of nitrogens with two attached hydrogens (primary N) is 1. The van der Waals surface area contributed by atoms with Gasteiger partial charge in [0.15, 0.2) is 0 Å². The molecule has 7 nitrogen and oxygen atoms in total. The zero-order valence-corrected chi connectivity index (χ0v) is 7.63. The molecule has 1 saturated heterocycles. The monoisotopic (exact) mass is 201 g/mol. The van der Waals surface area contributed by atoms with Gasteiger partial charge in [-0.2, -0.15) is 8.42 Å². The molecule has 0 aliphatic carbocycles. The average molecular weight is 201 g/mol. The van der Waals surface area contributed by atoms with Gasteiger partial charge in [0.1, 0.15) is 0 Å². The van der Waals surface area contributed by atoms with Gasteiger partial charge < -0.3 is 16.4 Å². The maximum atomic E-state index is 8.74. The highest BCUT2D eigenvalue weighted by Gasteiger charge is 1.90. The summed E-state index contributed by atoms with van der Waals surface area (Å²) in [5.74, 6) is 0. The fraction of sp³-hybridized carbons (Fsp3) is 1.00. The Morgan fingerprint density at radius 3 is 1.50 bits per heavy atom. The third-order valence-corrected chi connectivity index (χ3v) is 0.729. The van der Waals surface area contributed by atoms with Crippen molar-refractivity contribution in [3.8, 4) is 0 Å². The Kier molecular flexibility index (Phi) is 10.5. The predicted molar refractivity (Wildman–Crippen MR) is 45.2 cm³/mol. The van der Waals surface area contributed by atoms with Gasteiger partial charge in [0, 0.05) is 19.8 Å². The molecule has 8 heteroatoms. The summed E-state index contributed by atoms with van der Waals surface area (Å²) < 4.78 is 31.6. The van der Waals surface area contributed by atoms with Gasteiger partial charge in [0.05, 0.1) is 0 Å². The molecular formula is C4H15N3O4S. The van der Waals surface area contributed by atoms with E-state index in [4.69, 9.17) is 17.5 Å². The van der Waals surface area contributed by atoms with E-state index in [0.717, 1.165) is 19.8 Å². The van der Waals surface area contributed by atoms with Gasteiger partial charge in [-0.1, -0.05) is 0 Å². The van der Waals surface area contributed by atoms with Crippen molar-refractivity contribution in [3.63, 3.8) is 0 Å². The van der Waals surface area contributed by atoms with E-state index >= 15 is 0 Å². The Morgan fingerprint density at radius 1 is 1.17 bits per heavy atom. The Balaban J connectivity index is 0. The van der Waals surface area contributed by atoms with Crippen molar-refractivity contribution >= 4 is 10.4 Å². The van der Waals surface area contributed by atoms with Crippen LogP contribution in [0.5, 0.6) is 0 Å². The third-order valence-electron chi connectivity index (χ3n) is 0.729. The third kappa shape index (κ3) is 33.1. The average Bonchev–Trinajstić information content (AvgIpc) is 2.41. The van der Waals surface area contributed by atoms with Crippen LogP contribution in [0.1, 0.15) is 0 Å². The maximum absolute atomic E-state index is 8.74. The minimum atomic E-state index is -4.67. The Labute approximate surface area is 71.9 Å². The highest BCUT2D eigenvalue weighted by molar-refractivity contribution is 7.79. The van der Waals surface area contributed by atoms with Crippen molar-refractivity contribution in [2.45, 2.75) is 0 Å². The van der Waals surface area contributed by atoms with Crippen molar-refractivity contribution < 1.29 is 17.5 Å². The van der Waals surface area contributed by atoms with Crippen LogP contribution in [0, 0.1) is 0 Å². The van der Waals surface area contributed by atoms with Crippen molar-refractivity contribution in [1.29, 1.82) is 0 Å². The maximum Gasteiger partial charge on any atom is 0.394 e. The molecule has 0 atom stereocenters. The number of nitrogens with one attached hydrogen (secondary N) is 2. The second-order valence-electron chi connectivity index (χ2n) is 1.62. The summed E-state index contributed by atoms with van der Waals surface area (Å²) in [7, 11) is -3.17. The molecule has 0 radical (unpaired) electrons. The van der Waals surface area contributed by atoms with Crippen LogP contribution in [0.3, 0.4) is 0 Å². The largest absolute Gasteiger partial charge is 0.394 e. The molecule has 0 unspecified atom stereocenters. The van der Waals surface area contributed by atoms with Gasteiger partial charge in [-0.25, -0.2) is 0 Å². The molecule has 0 bridgehead atoms. The van der Waals surface area contributed by atoms with E-state index < -0.39 is 10.4 Å². The molecule has 1 fully saturated rings. The summed E-state index contributed by atoms with van der Waals surface area (Å²) in [5, 5.41) is 6.22. The molecule has 0 saturated carbocycles. The highest BCUT2D eigenvalue weighted by atomic mass is 32.3. The van der Waals surface area contributed by atoms with Gasteiger partial charge in [0.2, 0.25) is 0 Å². The van der Waals surface area contributed by atoms with Crippen LogP contribution < -0.4 is 16.4 Å². The molecule has 1 rings (SSSR count). The van der Waals surface area contributed by atoms with Gasteiger partial charge in [0.25, 0.3) is 0 Å². The lowest BCUT2D eigenvalue weighted by Crippen LogP contribution is -2.11. The molecule has 0 aromatic rings. The van der Waals surface area contributed by atoms with E-state index in [9.17, 15) is 0 Å². The molecule has 0 aromatic heterocycles. The van der Waals surface area contributed by atoms with E-state index in [-0.39, 0.29) is 0 Å². The molecule has 0 amide bonds. The van der Waals surface area contributed by atoms with Gasteiger partial charge in [-0.3, -0.25) is 9.11 Å². The van der Waals surface area contributed by atoms with E-state index in [1.165, 1.54) is 7.05 Å². The molecule has 0 spiro atoms. The van der Waals surface area contributed by atoms with Crippen molar-refractivity contribution in [2.75, 3.05) is 26.8 Å². The van der Waals surface area contributed by atoms with Gasteiger partial charge in [-0.05, 0) is 7.05 Å². The Hall–Kier alpha value is -0.250. The van der Waals surface area contributed by atoms with Gasteiger partial charge in [-0.15, -0.1) is 0 Å². The molecule has 0 aromatic carbocycles.